The number of amides is 2. The van der Waals surface area contributed by atoms with Crippen molar-refractivity contribution in [3.8, 4) is 11.1 Å². The molecule has 3 rings (SSSR count). The quantitative estimate of drug-likeness (QED) is 0.406. The molecule has 1 unspecified atom stereocenters. The third-order valence-electron chi connectivity index (χ3n) is 5.59. The number of carbonyl (C=O) groups excluding carboxylic acids is 2. The van der Waals surface area contributed by atoms with E-state index in [0.717, 1.165) is 22.3 Å². The second-order valence-corrected chi connectivity index (χ2v) is 7.76. The third kappa shape index (κ3) is 6.30. The Morgan fingerprint density at radius 1 is 1.00 bits per heavy atom. The van der Waals surface area contributed by atoms with Gasteiger partial charge in [-0.2, -0.15) is 0 Å². The van der Waals surface area contributed by atoms with E-state index in [2.05, 4.69) is 22.8 Å². The molecule has 2 amide bonds. The molecule has 0 aromatic heterocycles. The van der Waals surface area contributed by atoms with Crippen LogP contribution < -0.4 is 10.6 Å². The maximum Gasteiger partial charge on any atom is 0.407 e. The third-order valence-corrected chi connectivity index (χ3v) is 5.59. The zero-order chi connectivity index (χ0) is 23.8. The van der Waals surface area contributed by atoms with Crippen molar-refractivity contribution in [2.24, 2.45) is 0 Å². The summed E-state index contributed by atoms with van der Waals surface area (Å²) in [6.07, 6.45) is -2.86. The number of methoxy groups -OCH3 is 1. The molecule has 2 aromatic rings. The number of hydrogen-bond acceptors (Lipinski definition) is 6. The van der Waals surface area contributed by atoms with Crippen molar-refractivity contribution >= 4 is 18.0 Å². The van der Waals surface area contributed by atoms with E-state index in [9.17, 15) is 19.5 Å². The van der Waals surface area contributed by atoms with E-state index in [1.807, 2.05) is 36.4 Å². The number of alkyl carbamates (subject to hydrolysis) is 1. The standard InChI is InChI=1S/C24H28N2O7/c1-32-15(12-22(28)25-11-10-21(27)23(29)30)13-26-24(31)33-14-20-18-8-4-2-6-16(18)17-7-3-5-9-19(17)20/h2-9,15,20-21,27H,10-14H2,1H3,(H,25,28)(H,26,31)(H,29,30)/t15?,21-/m0/s1. The van der Waals surface area contributed by atoms with Crippen LogP contribution in [0.15, 0.2) is 48.5 Å². The van der Waals surface area contributed by atoms with Gasteiger partial charge in [0.15, 0.2) is 6.10 Å². The summed E-state index contributed by atoms with van der Waals surface area (Å²) in [6, 6.07) is 16.1. The first-order valence-electron chi connectivity index (χ1n) is 10.7. The highest BCUT2D eigenvalue weighted by Gasteiger charge is 2.29. The van der Waals surface area contributed by atoms with Gasteiger partial charge in [-0.3, -0.25) is 4.79 Å². The van der Waals surface area contributed by atoms with Crippen LogP contribution in [0.25, 0.3) is 11.1 Å². The van der Waals surface area contributed by atoms with Gasteiger partial charge < -0.3 is 30.3 Å². The number of aliphatic hydroxyl groups is 1. The van der Waals surface area contributed by atoms with Gasteiger partial charge in [0.2, 0.25) is 5.91 Å². The zero-order valence-corrected chi connectivity index (χ0v) is 18.3. The monoisotopic (exact) mass is 456 g/mol. The lowest BCUT2D eigenvalue weighted by molar-refractivity contribution is -0.147. The van der Waals surface area contributed by atoms with Gasteiger partial charge in [-0.25, -0.2) is 9.59 Å². The fourth-order valence-electron chi connectivity index (χ4n) is 3.84. The lowest BCUT2D eigenvalue weighted by atomic mass is 9.98. The number of carboxylic acids is 1. The number of aliphatic hydroxyl groups excluding tert-OH is 1. The van der Waals surface area contributed by atoms with Crippen LogP contribution in [-0.2, 0) is 19.1 Å². The number of benzene rings is 2. The Morgan fingerprint density at radius 3 is 2.18 bits per heavy atom. The molecule has 0 aliphatic heterocycles. The Kier molecular flexibility index (Phi) is 8.39. The fourth-order valence-corrected chi connectivity index (χ4v) is 3.84. The van der Waals surface area contributed by atoms with Crippen LogP contribution in [0.2, 0.25) is 0 Å². The molecule has 0 fully saturated rings. The normalized spacial score (nSPS) is 14.0. The van der Waals surface area contributed by atoms with E-state index in [4.69, 9.17) is 14.6 Å². The molecule has 1 aliphatic carbocycles. The van der Waals surface area contributed by atoms with Crippen LogP contribution in [0.4, 0.5) is 4.79 Å². The predicted octanol–water partition coefficient (Wildman–Crippen LogP) is 1.88. The molecule has 0 spiro atoms. The van der Waals surface area contributed by atoms with Crippen LogP contribution in [0.5, 0.6) is 0 Å². The van der Waals surface area contributed by atoms with E-state index in [0.29, 0.717) is 0 Å². The molecule has 9 nitrogen and oxygen atoms in total. The van der Waals surface area contributed by atoms with Crippen LogP contribution in [-0.4, -0.2) is 67.2 Å². The minimum atomic E-state index is -1.53. The van der Waals surface area contributed by atoms with Gasteiger partial charge in [0, 0.05) is 32.5 Å². The zero-order valence-electron chi connectivity index (χ0n) is 18.3. The highest BCUT2D eigenvalue weighted by molar-refractivity contribution is 5.79. The summed E-state index contributed by atoms with van der Waals surface area (Å²) in [5, 5.41) is 23.0. The molecular formula is C24H28N2O7. The smallest absolute Gasteiger partial charge is 0.407 e. The summed E-state index contributed by atoms with van der Waals surface area (Å²) in [5.74, 6) is -1.77. The summed E-state index contributed by atoms with van der Waals surface area (Å²) in [4.78, 5) is 34.8. The van der Waals surface area contributed by atoms with Crippen LogP contribution >= 0.6 is 0 Å². The molecule has 0 saturated heterocycles. The van der Waals surface area contributed by atoms with Gasteiger partial charge >= 0.3 is 12.1 Å². The van der Waals surface area contributed by atoms with Crippen LogP contribution in [0.3, 0.4) is 0 Å². The van der Waals surface area contributed by atoms with Crippen molar-refractivity contribution in [3.05, 3.63) is 59.7 Å². The molecule has 0 saturated carbocycles. The molecule has 0 heterocycles. The predicted molar refractivity (Wildman–Crippen MR) is 120 cm³/mol. The van der Waals surface area contributed by atoms with Crippen molar-refractivity contribution in [1.29, 1.82) is 0 Å². The highest BCUT2D eigenvalue weighted by Crippen LogP contribution is 2.44. The number of ether oxygens (including phenoxy) is 2. The van der Waals surface area contributed by atoms with Crippen LogP contribution in [0, 0.1) is 0 Å². The first-order valence-corrected chi connectivity index (χ1v) is 10.7. The molecule has 176 valence electrons. The van der Waals surface area contributed by atoms with Gasteiger partial charge in [-0.05, 0) is 22.3 Å². The largest absolute Gasteiger partial charge is 0.479 e. The number of carbonyl (C=O) groups is 3. The SMILES string of the molecule is COC(CNC(=O)OCC1c2ccccc2-c2ccccc21)CC(=O)NCC[C@H](O)C(=O)O. The average Bonchev–Trinajstić information content (AvgIpc) is 3.14. The molecule has 0 radical (unpaired) electrons. The van der Waals surface area contributed by atoms with Gasteiger partial charge in [-0.1, -0.05) is 48.5 Å². The van der Waals surface area contributed by atoms with Crippen molar-refractivity contribution < 1.29 is 34.1 Å². The van der Waals surface area contributed by atoms with Crippen molar-refractivity contribution in [2.75, 3.05) is 26.8 Å². The summed E-state index contributed by atoms with van der Waals surface area (Å²) >= 11 is 0. The Bertz CT molecular complexity index is 949. The van der Waals surface area contributed by atoms with Crippen molar-refractivity contribution in [2.45, 2.75) is 31.0 Å². The second-order valence-electron chi connectivity index (χ2n) is 7.76. The Hall–Kier alpha value is -3.43. The maximum absolute atomic E-state index is 12.3. The Morgan fingerprint density at radius 2 is 1.61 bits per heavy atom. The molecular weight excluding hydrogens is 428 g/mol. The summed E-state index contributed by atoms with van der Waals surface area (Å²) < 4.78 is 10.7. The number of hydrogen-bond donors (Lipinski definition) is 4. The van der Waals surface area contributed by atoms with E-state index < -0.39 is 24.3 Å². The van der Waals surface area contributed by atoms with Crippen molar-refractivity contribution in [3.63, 3.8) is 0 Å². The lowest BCUT2D eigenvalue weighted by Gasteiger charge is -2.17. The average molecular weight is 456 g/mol. The molecule has 0 bridgehead atoms. The summed E-state index contributed by atoms with van der Waals surface area (Å²) in [6.45, 7) is 0.269. The first-order chi connectivity index (χ1) is 15.9. The molecule has 33 heavy (non-hydrogen) atoms. The van der Waals surface area contributed by atoms with E-state index in [1.54, 1.807) is 0 Å². The molecule has 9 heteroatoms. The van der Waals surface area contributed by atoms with Gasteiger partial charge in [0.1, 0.15) is 6.61 Å². The second kappa shape index (κ2) is 11.4. The Balaban J connectivity index is 1.44. The van der Waals surface area contributed by atoms with Crippen molar-refractivity contribution in [1.82, 2.24) is 10.6 Å². The Labute approximate surface area is 191 Å². The van der Waals surface area contributed by atoms with E-state index in [1.165, 1.54) is 7.11 Å². The van der Waals surface area contributed by atoms with Gasteiger partial charge in [0.25, 0.3) is 0 Å². The number of rotatable bonds is 11. The highest BCUT2D eigenvalue weighted by atomic mass is 16.5. The topological polar surface area (TPSA) is 134 Å². The van der Waals surface area contributed by atoms with Crippen LogP contribution in [0.1, 0.15) is 29.9 Å². The van der Waals surface area contributed by atoms with E-state index >= 15 is 0 Å². The van der Waals surface area contributed by atoms with E-state index in [-0.39, 0.29) is 44.4 Å². The summed E-state index contributed by atoms with van der Waals surface area (Å²) in [7, 11) is 1.42. The minimum Gasteiger partial charge on any atom is -0.479 e. The lowest BCUT2D eigenvalue weighted by Crippen LogP contribution is -2.38. The van der Waals surface area contributed by atoms with Gasteiger partial charge in [-0.15, -0.1) is 0 Å². The molecule has 2 aromatic carbocycles. The number of carboxylic acid groups (broad SMARTS) is 1. The first kappa shape index (κ1) is 24.2. The van der Waals surface area contributed by atoms with Gasteiger partial charge in [0.05, 0.1) is 12.5 Å². The summed E-state index contributed by atoms with van der Waals surface area (Å²) in [5.41, 5.74) is 4.52. The minimum absolute atomic E-state index is 0.0164. The number of aliphatic carboxylic acids is 1. The maximum atomic E-state index is 12.3. The number of nitrogens with one attached hydrogen (secondary N) is 2. The fraction of sp³-hybridized carbons (Fsp3) is 0.375. The molecule has 2 atom stereocenters. The molecule has 4 N–H and O–H groups in total. The number of fused-ring (bicyclic) bond motifs is 3. The molecule has 1 aliphatic rings.